The summed E-state index contributed by atoms with van der Waals surface area (Å²) in [4.78, 5) is 39.0. The van der Waals surface area contributed by atoms with Crippen molar-refractivity contribution in [1.29, 1.82) is 0 Å². The summed E-state index contributed by atoms with van der Waals surface area (Å²) in [5.41, 5.74) is 1.60. The second-order valence-corrected chi connectivity index (χ2v) is 15.7. The zero-order valence-electron chi connectivity index (χ0n) is 27.6. The third-order valence-electron chi connectivity index (χ3n) is 7.47. The van der Waals surface area contributed by atoms with Crippen molar-refractivity contribution in [1.82, 2.24) is 14.9 Å². The number of nitrogens with zero attached hydrogens (tertiary/aromatic N) is 1. The number of carbonyl (C=O) groups is 3. The van der Waals surface area contributed by atoms with Gasteiger partial charge >= 0.3 is 12.1 Å². The normalized spacial score (nSPS) is 16.6. The molecule has 0 aromatic heterocycles. The third kappa shape index (κ3) is 9.80. The quantitative estimate of drug-likeness (QED) is 0.224. The lowest BCUT2D eigenvalue weighted by molar-refractivity contribution is -0.147. The molecular weight excluding hydrogens is 658 g/mol. The number of hydrogen-bond acceptors (Lipinski definition) is 8. The van der Waals surface area contributed by atoms with E-state index in [2.05, 4.69) is 10.6 Å². The Labute approximate surface area is 285 Å². The molecular formula is C35H42FN3O7S2. The Morgan fingerprint density at radius 3 is 2.17 bits per heavy atom. The molecule has 3 aromatic carbocycles. The minimum atomic E-state index is -4.02. The Bertz CT molecular complexity index is 1660. The van der Waals surface area contributed by atoms with Gasteiger partial charge in [0.25, 0.3) is 0 Å². The number of carbonyl (C=O) groups excluding carboxylic acids is 3. The SMILES string of the molecule is CC(C)[C@H](NC(=O)OC(C)(C)C)C(=O)OCC[C@H](NC(=O)[C@@H]1SCCN1S(=O)(=O)c1ccc(-c2ccccc2)cc1)c1ccc(F)cc1. The first-order valence-corrected chi connectivity index (χ1v) is 18.2. The fourth-order valence-electron chi connectivity index (χ4n) is 5.05. The minimum absolute atomic E-state index is 0.0733. The number of amides is 2. The predicted molar refractivity (Wildman–Crippen MR) is 183 cm³/mol. The van der Waals surface area contributed by atoms with Gasteiger partial charge in [-0.25, -0.2) is 22.4 Å². The summed E-state index contributed by atoms with van der Waals surface area (Å²) in [6.07, 6.45) is -0.652. The topological polar surface area (TPSA) is 131 Å². The first-order valence-electron chi connectivity index (χ1n) is 15.7. The fraction of sp³-hybridized carbons (Fsp3) is 0.400. The van der Waals surface area contributed by atoms with Gasteiger partial charge < -0.3 is 20.1 Å². The first-order chi connectivity index (χ1) is 22.7. The smallest absolute Gasteiger partial charge is 0.408 e. The Morgan fingerprint density at radius 2 is 1.56 bits per heavy atom. The van der Waals surface area contributed by atoms with Crippen molar-refractivity contribution in [3.8, 4) is 11.1 Å². The average molecular weight is 700 g/mol. The molecule has 1 fully saturated rings. The standard InChI is InChI=1S/C35H42FN3O7S2/c1-23(2)30(38-34(42)46-35(3,4)5)33(41)45-21-19-29(26-11-15-27(36)16-12-26)37-31(40)32-39(20-22-47-32)48(43,44)28-17-13-25(14-18-28)24-9-7-6-8-10-24/h6-18,23,29-30,32H,19-22H2,1-5H3,(H,37,40)(H,38,42)/t29-,30-,32-/m0/s1. The second kappa shape index (κ2) is 16.0. The number of ether oxygens (including phenoxy) is 2. The van der Waals surface area contributed by atoms with E-state index in [1.165, 1.54) is 52.5 Å². The molecule has 0 radical (unpaired) electrons. The fourth-order valence-corrected chi connectivity index (χ4v) is 8.14. The van der Waals surface area contributed by atoms with Crippen molar-refractivity contribution in [3.05, 3.63) is 90.2 Å². The van der Waals surface area contributed by atoms with Crippen molar-refractivity contribution in [2.45, 2.75) is 69.0 Å². The van der Waals surface area contributed by atoms with Crippen LogP contribution in [0.5, 0.6) is 0 Å². The van der Waals surface area contributed by atoms with Crippen LogP contribution in [0.2, 0.25) is 0 Å². The highest BCUT2D eigenvalue weighted by atomic mass is 32.2. The molecule has 0 bridgehead atoms. The van der Waals surface area contributed by atoms with Crippen LogP contribution in [-0.4, -0.2) is 66.6 Å². The van der Waals surface area contributed by atoms with Gasteiger partial charge in [0.2, 0.25) is 15.9 Å². The van der Waals surface area contributed by atoms with Gasteiger partial charge in [-0.1, -0.05) is 68.4 Å². The average Bonchev–Trinajstić information content (AvgIpc) is 3.55. The number of hydrogen-bond donors (Lipinski definition) is 2. The molecule has 0 unspecified atom stereocenters. The lowest BCUT2D eigenvalue weighted by Crippen LogP contribution is -2.47. The van der Waals surface area contributed by atoms with Crippen molar-refractivity contribution >= 4 is 39.8 Å². The van der Waals surface area contributed by atoms with E-state index in [1.54, 1.807) is 46.8 Å². The van der Waals surface area contributed by atoms with Crippen molar-refractivity contribution < 1.29 is 36.7 Å². The van der Waals surface area contributed by atoms with Gasteiger partial charge in [0.15, 0.2) is 0 Å². The van der Waals surface area contributed by atoms with E-state index in [0.29, 0.717) is 11.3 Å². The van der Waals surface area contributed by atoms with Crippen LogP contribution in [0.4, 0.5) is 9.18 Å². The van der Waals surface area contributed by atoms with E-state index in [0.717, 1.165) is 11.1 Å². The summed E-state index contributed by atoms with van der Waals surface area (Å²) < 4.78 is 53.1. The summed E-state index contributed by atoms with van der Waals surface area (Å²) in [6, 6.07) is 19.9. The molecule has 1 saturated heterocycles. The molecule has 0 spiro atoms. The lowest BCUT2D eigenvalue weighted by Gasteiger charge is -2.26. The highest BCUT2D eigenvalue weighted by molar-refractivity contribution is 8.02. The first kappa shape index (κ1) is 36.9. The summed E-state index contributed by atoms with van der Waals surface area (Å²) >= 11 is 1.20. The largest absolute Gasteiger partial charge is 0.464 e. The minimum Gasteiger partial charge on any atom is -0.464 e. The van der Waals surface area contributed by atoms with Gasteiger partial charge in [-0.05, 0) is 67.6 Å². The molecule has 4 rings (SSSR count). The highest BCUT2D eigenvalue weighted by Crippen LogP contribution is 2.32. The number of alkyl carbamates (subject to hydrolysis) is 1. The molecule has 48 heavy (non-hydrogen) atoms. The number of benzene rings is 3. The zero-order chi connectivity index (χ0) is 35.1. The summed E-state index contributed by atoms with van der Waals surface area (Å²) in [6.45, 7) is 8.63. The molecule has 13 heteroatoms. The van der Waals surface area contributed by atoms with Crippen LogP contribution in [0.15, 0.2) is 83.8 Å². The highest BCUT2D eigenvalue weighted by Gasteiger charge is 2.41. The Morgan fingerprint density at radius 1 is 0.938 bits per heavy atom. The molecule has 0 saturated carbocycles. The third-order valence-corrected chi connectivity index (χ3v) is 10.7. The van der Waals surface area contributed by atoms with E-state index in [-0.39, 0.29) is 30.4 Å². The lowest BCUT2D eigenvalue weighted by atomic mass is 10.0. The van der Waals surface area contributed by atoms with Gasteiger partial charge in [0.1, 0.15) is 22.8 Å². The molecule has 2 N–H and O–H groups in total. The number of nitrogens with one attached hydrogen (secondary N) is 2. The van der Waals surface area contributed by atoms with Crippen LogP contribution in [0.25, 0.3) is 11.1 Å². The maximum Gasteiger partial charge on any atom is 0.408 e. The summed E-state index contributed by atoms with van der Waals surface area (Å²) in [7, 11) is -4.02. The molecule has 1 heterocycles. The van der Waals surface area contributed by atoms with Crippen molar-refractivity contribution in [2.75, 3.05) is 18.9 Å². The number of esters is 1. The van der Waals surface area contributed by atoms with Crippen LogP contribution in [0.3, 0.4) is 0 Å². The Hall–Kier alpha value is -3.94. The van der Waals surface area contributed by atoms with E-state index < -0.39 is 56.9 Å². The predicted octanol–water partition coefficient (Wildman–Crippen LogP) is 5.90. The van der Waals surface area contributed by atoms with E-state index >= 15 is 0 Å². The molecule has 3 aromatic rings. The van der Waals surface area contributed by atoms with Crippen LogP contribution >= 0.6 is 11.8 Å². The van der Waals surface area contributed by atoms with Gasteiger partial charge in [-0.3, -0.25) is 4.79 Å². The van der Waals surface area contributed by atoms with Crippen molar-refractivity contribution in [2.24, 2.45) is 5.92 Å². The Kier molecular flexibility index (Phi) is 12.3. The maximum absolute atomic E-state index is 13.8. The summed E-state index contributed by atoms with van der Waals surface area (Å²) in [5.74, 6) is -1.58. The second-order valence-electron chi connectivity index (χ2n) is 12.7. The molecule has 2 amide bonds. The van der Waals surface area contributed by atoms with Gasteiger partial charge in [-0.2, -0.15) is 4.31 Å². The van der Waals surface area contributed by atoms with Gasteiger partial charge in [0, 0.05) is 18.7 Å². The van der Waals surface area contributed by atoms with Crippen LogP contribution in [0, 0.1) is 11.7 Å². The number of rotatable bonds is 12. The monoisotopic (exact) mass is 699 g/mol. The van der Waals surface area contributed by atoms with Crippen LogP contribution in [-0.2, 0) is 29.1 Å². The molecule has 1 aliphatic heterocycles. The van der Waals surface area contributed by atoms with Crippen LogP contribution in [0.1, 0.15) is 52.6 Å². The molecule has 3 atom stereocenters. The molecule has 0 aliphatic carbocycles. The molecule has 258 valence electrons. The van der Waals surface area contributed by atoms with Gasteiger partial charge in [0.05, 0.1) is 17.5 Å². The van der Waals surface area contributed by atoms with Crippen LogP contribution < -0.4 is 10.6 Å². The molecule has 1 aliphatic rings. The maximum atomic E-state index is 13.8. The van der Waals surface area contributed by atoms with Crippen molar-refractivity contribution in [3.63, 3.8) is 0 Å². The number of sulfonamides is 1. The van der Waals surface area contributed by atoms with Gasteiger partial charge in [-0.15, -0.1) is 11.8 Å². The molecule has 10 nitrogen and oxygen atoms in total. The number of halogens is 1. The van der Waals surface area contributed by atoms with E-state index in [9.17, 15) is 27.2 Å². The zero-order valence-corrected chi connectivity index (χ0v) is 29.3. The Balaban J connectivity index is 1.45. The number of thioether (sulfide) groups is 1. The van der Waals surface area contributed by atoms with E-state index in [1.807, 2.05) is 30.3 Å². The van der Waals surface area contributed by atoms with E-state index in [4.69, 9.17) is 9.47 Å². The summed E-state index contributed by atoms with van der Waals surface area (Å²) in [5, 5.41) is 4.40.